The molecule has 1 aliphatic rings. The number of hydrogen-bond donors (Lipinski definition) is 1. The molecule has 1 aliphatic heterocycles. The Hall–Kier alpha value is -1.45. The minimum Gasteiger partial charge on any atom is -0.347 e. The Morgan fingerprint density at radius 1 is 1.43 bits per heavy atom. The summed E-state index contributed by atoms with van der Waals surface area (Å²) in [5, 5.41) is 2.89. The Morgan fingerprint density at radius 2 is 2.00 bits per heavy atom. The van der Waals surface area contributed by atoms with Crippen LogP contribution in [-0.4, -0.2) is 23.9 Å². The Labute approximate surface area is 83.1 Å². The third-order valence-corrected chi connectivity index (χ3v) is 2.09. The molecular weight excluding hydrogens is 180 g/mol. The van der Waals surface area contributed by atoms with E-state index in [9.17, 15) is 9.59 Å². The molecule has 0 radical (unpaired) electrons. The Bertz CT molecular complexity index is 304. The number of carbonyl (C=O) groups excluding carboxylic acids is 2. The first-order chi connectivity index (χ1) is 6.52. The highest BCUT2D eigenvalue weighted by Crippen LogP contribution is 2.09. The highest BCUT2D eigenvalue weighted by Gasteiger charge is 2.27. The number of carbonyl (C=O) groups is 2. The van der Waals surface area contributed by atoms with Crippen LogP contribution in [0, 0.1) is 5.92 Å². The van der Waals surface area contributed by atoms with Crippen molar-refractivity contribution in [2.45, 2.75) is 20.3 Å². The Balaban J connectivity index is 2.88. The molecule has 0 atom stereocenters. The van der Waals surface area contributed by atoms with Gasteiger partial charge in [-0.2, -0.15) is 0 Å². The van der Waals surface area contributed by atoms with Gasteiger partial charge in [-0.1, -0.05) is 6.58 Å². The van der Waals surface area contributed by atoms with Crippen molar-refractivity contribution in [3.8, 4) is 0 Å². The molecule has 0 amide bonds. The van der Waals surface area contributed by atoms with Gasteiger partial charge >= 0.3 is 0 Å². The van der Waals surface area contributed by atoms with Crippen molar-refractivity contribution in [2.24, 2.45) is 10.9 Å². The quantitative estimate of drug-likeness (QED) is 0.672. The van der Waals surface area contributed by atoms with E-state index in [1.165, 1.54) is 13.8 Å². The lowest BCUT2D eigenvalue weighted by atomic mass is 9.98. The van der Waals surface area contributed by atoms with E-state index in [-0.39, 0.29) is 11.6 Å². The van der Waals surface area contributed by atoms with Gasteiger partial charge in [0.25, 0.3) is 0 Å². The predicted molar refractivity (Wildman–Crippen MR) is 54.0 cm³/mol. The van der Waals surface area contributed by atoms with E-state index in [0.29, 0.717) is 12.4 Å². The molecule has 4 nitrogen and oxygen atoms in total. The first-order valence-corrected chi connectivity index (χ1v) is 4.52. The maximum Gasteiger partial charge on any atom is 0.147 e. The van der Waals surface area contributed by atoms with Crippen LogP contribution in [0.1, 0.15) is 20.3 Å². The highest BCUT2D eigenvalue weighted by atomic mass is 16.1. The molecule has 4 heteroatoms. The smallest absolute Gasteiger partial charge is 0.147 e. The molecule has 76 valence electrons. The van der Waals surface area contributed by atoms with Crippen LogP contribution < -0.4 is 5.32 Å². The van der Waals surface area contributed by atoms with Gasteiger partial charge in [-0.05, 0) is 13.8 Å². The van der Waals surface area contributed by atoms with Crippen LogP contribution in [0.25, 0.3) is 0 Å². The molecular formula is C10H14N2O2. The third kappa shape index (κ3) is 2.28. The minimum atomic E-state index is -0.743. The van der Waals surface area contributed by atoms with Crippen molar-refractivity contribution in [1.82, 2.24) is 5.32 Å². The molecule has 0 bridgehead atoms. The zero-order chi connectivity index (χ0) is 10.7. The molecule has 0 aromatic rings. The summed E-state index contributed by atoms with van der Waals surface area (Å²) in [6, 6.07) is 0. The molecule has 0 aromatic heterocycles. The molecule has 1 N–H and O–H groups in total. The summed E-state index contributed by atoms with van der Waals surface area (Å²) in [4.78, 5) is 26.6. The number of ketones is 2. The number of nitrogens with one attached hydrogen (secondary N) is 1. The first-order valence-electron chi connectivity index (χ1n) is 4.52. The highest BCUT2D eigenvalue weighted by molar-refractivity contribution is 6.19. The predicted octanol–water partition coefficient (Wildman–Crippen LogP) is 0.686. The second-order valence-electron chi connectivity index (χ2n) is 3.40. The van der Waals surface area contributed by atoms with Gasteiger partial charge in [0.05, 0.1) is 0 Å². The number of aliphatic imine (C=N–C) groups is 1. The molecule has 0 saturated heterocycles. The standard InChI is InChI=1S/C10H14N2O2/c1-6-4-5-11-10(12-6)9(7(2)13)8(3)14/h9H,1,4-5H2,2-3H3,(H,11,12). The minimum absolute atomic E-state index is 0.182. The number of nitrogens with zero attached hydrogens (tertiary/aromatic N) is 1. The van der Waals surface area contributed by atoms with E-state index >= 15 is 0 Å². The van der Waals surface area contributed by atoms with Gasteiger partial charge in [0.1, 0.15) is 23.3 Å². The van der Waals surface area contributed by atoms with Crippen molar-refractivity contribution >= 4 is 17.4 Å². The fourth-order valence-electron chi connectivity index (χ4n) is 1.43. The van der Waals surface area contributed by atoms with Crippen LogP contribution in [0.3, 0.4) is 0 Å². The molecule has 0 saturated carbocycles. The maximum absolute atomic E-state index is 11.2. The van der Waals surface area contributed by atoms with Gasteiger partial charge in [-0.15, -0.1) is 0 Å². The Morgan fingerprint density at radius 3 is 2.43 bits per heavy atom. The van der Waals surface area contributed by atoms with Crippen molar-refractivity contribution < 1.29 is 9.59 Å². The molecule has 0 fully saturated rings. The van der Waals surface area contributed by atoms with E-state index in [1.807, 2.05) is 0 Å². The largest absolute Gasteiger partial charge is 0.347 e. The van der Waals surface area contributed by atoms with Crippen molar-refractivity contribution in [3.63, 3.8) is 0 Å². The van der Waals surface area contributed by atoms with Crippen LogP contribution in [0.4, 0.5) is 0 Å². The fraction of sp³-hybridized carbons (Fsp3) is 0.500. The van der Waals surface area contributed by atoms with Crippen molar-refractivity contribution in [2.75, 3.05) is 6.54 Å². The van der Waals surface area contributed by atoms with E-state index in [1.54, 1.807) is 0 Å². The van der Waals surface area contributed by atoms with Gasteiger partial charge in [0.2, 0.25) is 0 Å². The number of amidine groups is 1. The summed E-state index contributed by atoms with van der Waals surface area (Å²) in [6.45, 7) is 7.14. The molecule has 0 spiro atoms. The number of rotatable bonds is 3. The van der Waals surface area contributed by atoms with Crippen LogP contribution in [-0.2, 0) is 9.59 Å². The van der Waals surface area contributed by atoms with Gasteiger partial charge in [0.15, 0.2) is 0 Å². The average molecular weight is 194 g/mol. The normalized spacial score (nSPS) is 16.2. The van der Waals surface area contributed by atoms with Gasteiger partial charge in [0, 0.05) is 18.7 Å². The summed E-state index contributed by atoms with van der Waals surface area (Å²) in [6.07, 6.45) is 0.756. The average Bonchev–Trinajstić information content (AvgIpc) is 2.02. The van der Waals surface area contributed by atoms with Crippen LogP contribution in [0.5, 0.6) is 0 Å². The van der Waals surface area contributed by atoms with Crippen molar-refractivity contribution in [1.29, 1.82) is 0 Å². The third-order valence-electron chi connectivity index (χ3n) is 2.09. The van der Waals surface area contributed by atoms with Gasteiger partial charge in [-0.25, -0.2) is 0 Å². The number of hydrogen-bond acceptors (Lipinski definition) is 4. The molecule has 0 unspecified atom stereocenters. The summed E-state index contributed by atoms with van der Waals surface area (Å²) in [7, 11) is 0. The summed E-state index contributed by atoms with van der Waals surface area (Å²) in [5.41, 5.74) is 0.808. The fourth-order valence-corrected chi connectivity index (χ4v) is 1.43. The second kappa shape index (κ2) is 4.17. The SMILES string of the molecule is C=C1CCN=C(C(C(C)=O)C(C)=O)N1. The zero-order valence-corrected chi connectivity index (χ0v) is 8.46. The van der Waals surface area contributed by atoms with Crippen LogP contribution >= 0.6 is 0 Å². The van der Waals surface area contributed by atoms with E-state index in [4.69, 9.17) is 0 Å². The van der Waals surface area contributed by atoms with Gasteiger partial charge < -0.3 is 5.32 Å². The maximum atomic E-state index is 11.2. The first kappa shape index (κ1) is 10.6. The summed E-state index contributed by atoms with van der Waals surface area (Å²) >= 11 is 0. The lowest BCUT2D eigenvalue weighted by Gasteiger charge is -2.21. The molecule has 1 rings (SSSR count). The monoisotopic (exact) mass is 194 g/mol. The van der Waals surface area contributed by atoms with Crippen molar-refractivity contribution in [3.05, 3.63) is 12.3 Å². The molecule has 0 aliphatic carbocycles. The molecule has 0 aromatic carbocycles. The van der Waals surface area contributed by atoms with Crippen LogP contribution in [0.2, 0.25) is 0 Å². The van der Waals surface area contributed by atoms with E-state index in [2.05, 4.69) is 16.9 Å². The van der Waals surface area contributed by atoms with E-state index < -0.39 is 5.92 Å². The lowest BCUT2D eigenvalue weighted by Crippen LogP contribution is -2.40. The molecule has 1 heterocycles. The summed E-state index contributed by atoms with van der Waals surface area (Å²) in [5.74, 6) is -0.662. The lowest BCUT2D eigenvalue weighted by molar-refractivity contribution is -0.127. The summed E-state index contributed by atoms with van der Waals surface area (Å²) < 4.78 is 0. The topological polar surface area (TPSA) is 58.5 Å². The second-order valence-corrected chi connectivity index (χ2v) is 3.40. The number of Topliss-reactive ketones (excluding diaryl/α,β-unsaturated/α-hetero) is 2. The zero-order valence-electron chi connectivity index (χ0n) is 8.46. The molecule has 14 heavy (non-hydrogen) atoms. The van der Waals surface area contributed by atoms with E-state index in [0.717, 1.165) is 12.1 Å². The Kier molecular flexibility index (Phi) is 3.17. The van der Waals surface area contributed by atoms with Crippen LogP contribution in [0.15, 0.2) is 17.3 Å². The van der Waals surface area contributed by atoms with Gasteiger partial charge in [-0.3, -0.25) is 14.6 Å².